The third-order valence-electron chi connectivity index (χ3n) is 4.35. The maximum atomic E-state index is 12.6. The van der Waals surface area contributed by atoms with E-state index in [9.17, 15) is 14.4 Å². The number of methoxy groups -OCH3 is 1. The third kappa shape index (κ3) is 5.83. The van der Waals surface area contributed by atoms with E-state index in [2.05, 4.69) is 0 Å². The van der Waals surface area contributed by atoms with Crippen molar-refractivity contribution in [1.82, 2.24) is 4.90 Å². The van der Waals surface area contributed by atoms with Crippen molar-refractivity contribution < 1.29 is 28.6 Å². The van der Waals surface area contributed by atoms with Crippen LogP contribution >= 0.6 is 23.4 Å². The lowest BCUT2D eigenvalue weighted by atomic mass is 10.1. The molecule has 0 spiro atoms. The summed E-state index contributed by atoms with van der Waals surface area (Å²) < 4.78 is 16.3. The molecule has 32 heavy (non-hydrogen) atoms. The van der Waals surface area contributed by atoms with Gasteiger partial charge in [0.1, 0.15) is 13.2 Å². The number of hydrogen-bond donors (Lipinski definition) is 0. The normalized spacial score (nSPS) is 14.9. The minimum Gasteiger partial charge on any atom is -0.493 e. The number of thioether (sulfide) groups is 1. The Balaban J connectivity index is 1.73. The molecule has 9 heteroatoms. The molecule has 0 atom stereocenters. The smallest absolute Gasteiger partial charge is 0.326 e. The first-order valence-corrected chi connectivity index (χ1v) is 11.0. The van der Waals surface area contributed by atoms with Gasteiger partial charge >= 0.3 is 5.97 Å². The van der Waals surface area contributed by atoms with Gasteiger partial charge in [0, 0.05) is 10.6 Å². The van der Waals surface area contributed by atoms with E-state index in [1.807, 2.05) is 18.2 Å². The van der Waals surface area contributed by atoms with Crippen LogP contribution in [-0.4, -0.2) is 41.8 Å². The molecule has 7 nitrogen and oxygen atoms in total. The fraction of sp³-hybridized carbons (Fsp3) is 0.261. The monoisotopic (exact) mass is 475 g/mol. The lowest BCUT2D eigenvalue weighted by Gasteiger charge is -2.13. The molecule has 1 saturated heterocycles. The van der Waals surface area contributed by atoms with Crippen LogP contribution in [0.25, 0.3) is 6.08 Å². The Bertz CT molecular complexity index is 1070. The van der Waals surface area contributed by atoms with E-state index in [0.717, 1.165) is 22.2 Å². The molecule has 0 aromatic heterocycles. The minimum atomic E-state index is -0.634. The first-order chi connectivity index (χ1) is 15.3. The molecule has 0 radical (unpaired) electrons. The van der Waals surface area contributed by atoms with Crippen molar-refractivity contribution in [3.63, 3.8) is 0 Å². The summed E-state index contributed by atoms with van der Waals surface area (Å²) in [5, 5.41) is 0.0877. The fourth-order valence-corrected chi connectivity index (χ4v) is 3.91. The van der Waals surface area contributed by atoms with Crippen LogP contribution in [0.3, 0.4) is 0 Å². The van der Waals surface area contributed by atoms with Gasteiger partial charge in [-0.15, -0.1) is 0 Å². The van der Waals surface area contributed by atoms with E-state index in [1.165, 1.54) is 7.11 Å². The van der Waals surface area contributed by atoms with Gasteiger partial charge in [0.15, 0.2) is 11.5 Å². The van der Waals surface area contributed by atoms with Crippen LogP contribution in [0.1, 0.15) is 25.0 Å². The average molecular weight is 476 g/mol. The zero-order chi connectivity index (χ0) is 23.3. The summed E-state index contributed by atoms with van der Waals surface area (Å²) in [6.45, 7) is 3.24. The topological polar surface area (TPSA) is 82.1 Å². The molecule has 1 aliphatic heterocycles. The highest BCUT2D eigenvalue weighted by atomic mass is 35.5. The molecule has 3 rings (SSSR count). The second kappa shape index (κ2) is 10.6. The number of amides is 2. The molecular weight excluding hydrogens is 454 g/mol. The number of ether oxygens (including phenoxy) is 3. The van der Waals surface area contributed by atoms with Crippen LogP contribution in [0.5, 0.6) is 11.5 Å². The number of imide groups is 1. The predicted octanol–water partition coefficient (Wildman–Crippen LogP) is 4.92. The van der Waals surface area contributed by atoms with Gasteiger partial charge < -0.3 is 14.2 Å². The highest BCUT2D eigenvalue weighted by Crippen LogP contribution is 2.35. The Morgan fingerprint density at radius 2 is 1.91 bits per heavy atom. The summed E-state index contributed by atoms with van der Waals surface area (Å²) in [5.74, 6) is -0.205. The van der Waals surface area contributed by atoms with E-state index in [1.54, 1.807) is 44.2 Å². The first-order valence-electron chi connectivity index (χ1n) is 9.77. The minimum absolute atomic E-state index is 0.208. The number of esters is 1. The number of carbonyl (C=O) groups excluding carboxylic acids is 3. The number of halogens is 1. The van der Waals surface area contributed by atoms with Crippen molar-refractivity contribution >= 4 is 46.6 Å². The van der Waals surface area contributed by atoms with Gasteiger partial charge in [-0.3, -0.25) is 19.3 Å². The van der Waals surface area contributed by atoms with Gasteiger partial charge in [-0.1, -0.05) is 35.9 Å². The van der Waals surface area contributed by atoms with Gasteiger partial charge in [0.2, 0.25) is 0 Å². The van der Waals surface area contributed by atoms with E-state index in [-0.39, 0.29) is 17.6 Å². The molecule has 0 aliphatic carbocycles. The SMILES string of the molecule is COc1cc(/C=C2\SC(=O)N(CC(=O)OC(C)C)C2=O)ccc1OCc1ccccc1Cl. The van der Waals surface area contributed by atoms with Crippen molar-refractivity contribution in [2.45, 2.75) is 26.6 Å². The Kier molecular flexibility index (Phi) is 7.82. The molecule has 0 bridgehead atoms. The van der Waals surface area contributed by atoms with Crippen LogP contribution in [0.4, 0.5) is 4.79 Å². The summed E-state index contributed by atoms with van der Waals surface area (Å²) in [6, 6.07) is 12.5. The maximum absolute atomic E-state index is 12.6. The lowest BCUT2D eigenvalue weighted by Crippen LogP contribution is -2.35. The average Bonchev–Trinajstić information content (AvgIpc) is 3.00. The van der Waals surface area contributed by atoms with E-state index in [4.69, 9.17) is 25.8 Å². The zero-order valence-electron chi connectivity index (χ0n) is 17.8. The molecule has 0 unspecified atom stereocenters. The molecule has 168 valence electrons. The number of nitrogens with zero attached hydrogens (tertiary/aromatic N) is 1. The number of hydrogen-bond acceptors (Lipinski definition) is 7. The van der Waals surface area contributed by atoms with Gasteiger partial charge in [-0.2, -0.15) is 0 Å². The van der Waals surface area contributed by atoms with Crippen LogP contribution < -0.4 is 9.47 Å². The predicted molar refractivity (Wildman–Crippen MR) is 123 cm³/mol. The van der Waals surface area contributed by atoms with Gasteiger partial charge in [-0.25, -0.2) is 0 Å². The second-order valence-corrected chi connectivity index (χ2v) is 8.50. The highest BCUT2D eigenvalue weighted by Gasteiger charge is 2.36. The Hall–Kier alpha value is -2.97. The van der Waals surface area contributed by atoms with Crippen LogP contribution in [0.2, 0.25) is 5.02 Å². The van der Waals surface area contributed by atoms with Crippen molar-refractivity contribution in [2.75, 3.05) is 13.7 Å². The summed E-state index contributed by atoms with van der Waals surface area (Å²) in [7, 11) is 1.51. The zero-order valence-corrected chi connectivity index (χ0v) is 19.4. The van der Waals surface area contributed by atoms with E-state index in [0.29, 0.717) is 22.1 Å². The molecule has 1 fully saturated rings. The van der Waals surface area contributed by atoms with Crippen molar-refractivity contribution in [2.24, 2.45) is 0 Å². The summed E-state index contributed by atoms with van der Waals surface area (Å²) in [4.78, 5) is 37.7. The van der Waals surface area contributed by atoms with E-state index >= 15 is 0 Å². The quantitative estimate of drug-likeness (QED) is 0.396. The summed E-state index contributed by atoms with van der Waals surface area (Å²) in [6.07, 6.45) is 1.24. The molecular formula is C23H22ClNO6S. The van der Waals surface area contributed by atoms with Gasteiger partial charge in [0.25, 0.3) is 11.1 Å². The lowest BCUT2D eigenvalue weighted by molar-refractivity contribution is -0.149. The molecule has 2 aromatic rings. The second-order valence-electron chi connectivity index (χ2n) is 7.10. The summed E-state index contributed by atoms with van der Waals surface area (Å²) in [5.41, 5.74) is 1.48. The van der Waals surface area contributed by atoms with Crippen molar-refractivity contribution in [3.05, 3.63) is 63.5 Å². The molecule has 2 aromatic carbocycles. The largest absolute Gasteiger partial charge is 0.493 e. The van der Waals surface area contributed by atoms with Crippen LogP contribution in [0.15, 0.2) is 47.4 Å². The molecule has 2 amide bonds. The maximum Gasteiger partial charge on any atom is 0.326 e. The van der Waals surface area contributed by atoms with Gasteiger partial charge in [0.05, 0.1) is 18.1 Å². The Morgan fingerprint density at radius 1 is 1.16 bits per heavy atom. The van der Waals surface area contributed by atoms with Crippen LogP contribution in [-0.2, 0) is 20.9 Å². The third-order valence-corrected chi connectivity index (χ3v) is 5.63. The number of rotatable bonds is 8. The Morgan fingerprint density at radius 3 is 2.59 bits per heavy atom. The molecule has 0 saturated carbocycles. The fourth-order valence-electron chi connectivity index (χ4n) is 2.88. The first kappa shape index (κ1) is 23.7. The molecule has 1 heterocycles. The highest BCUT2D eigenvalue weighted by molar-refractivity contribution is 8.18. The number of carbonyl (C=O) groups is 3. The van der Waals surface area contributed by atoms with Crippen molar-refractivity contribution in [1.29, 1.82) is 0 Å². The van der Waals surface area contributed by atoms with Crippen molar-refractivity contribution in [3.8, 4) is 11.5 Å². The number of benzene rings is 2. The molecule has 0 N–H and O–H groups in total. The standard InChI is InChI=1S/C23H22ClNO6S/c1-14(2)31-21(26)12-25-22(27)20(32-23(25)28)11-15-8-9-18(19(10-15)29-3)30-13-16-6-4-5-7-17(16)24/h4-11,14H,12-13H2,1-3H3/b20-11-. The van der Waals surface area contributed by atoms with E-state index < -0.39 is 23.7 Å². The molecule has 1 aliphatic rings. The van der Waals surface area contributed by atoms with Gasteiger partial charge in [-0.05, 0) is 55.4 Å². The van der Waals surface area contributed by atoms with Crippen LogP contribution in [0, 0.1) is 0 Å². The summed E-state index contributed by atoms with van der Waals surface area (Å²) >= 11 is 6.93. The Labute approximate surface area is 195 Å².